The average molecular weight is 1410 g/mol. The second kappa shape index (κ2) is 78.5. The molecule has 0 spiro atoms. The summed E-state index contributed by atoms with van der Waals surface area (Å²) in [6.07, 6.45) is 119. The van der Waals surface area contributed by atoms with Crippen molar-refractivity contribution in [2.24, 2.45) is 0 Å². The van der Waals surface area contributed by atoms with Gasteiger partial charge in [-0.3, -0.25) is 18.6 Å². The number of ether oxygens (including phenoxy) is 2. The Morgan fingerprint density at radius 3 is 0.850 bits per heavy atom. The number of carbonyl (C=O) groups excluding carboxylic acids is 2. The number of carbonyl (C=O) groups is 2. The van der Waals surface area contributed by atoms with Crippen molar-refractivity contribution in [1.82, 2.24) is 0 Å². The van der Waals surface area contributed by atoms with E-state index in [1.54, 1.807) is 0 Å². The van der Waals surface area contributed by atoms with Crippen LogP contribution in [0.25, 0.3) is 0 Å². The van der Waals surface area contributed by atoms with Gasteiger partial charge in [-0.2, -0.15) is 0 Å². The first-order valence-electron chi connectivity index (χ1n) is 40.9. The van der Waals surface area contributed by atoms with E-state index in [0.29, 0.717) is 17.4 Å². The number of phosphoric ester groups is 1. The summed E-state index contributed by atoms with van der Waals surface area (Å²) < 4.78 is 34.8. The van der Waals surface area contributed by atoms with Gasteiger partial charge in [0.25, 0.3) is 0 Å². The molecule has 9 nitrogen and oxygen atoms in total. The first kappa shape index (κ1) is 95.4. The third-order valence-corrected chi connectivity index (χ3v) is 18.2. The van der Waals surface area contributed by atoms with Crippen LogP contribution >= 0.6 is 7.82 Å². The summed E-state index contributed by atoms with van der Waals surface area (Å²) in [6.45, 7) is 4.29. The standard InChI is InChI=1S/C90H152NO8P/c1-6-8-10-12-14-16-18-20-22-24-26-28-30-32-34-36-38-40-42-43-44-45-46-47-49-51-53-55-57-59-61-63-65-67-69-71-73-75-77-79-81-83-90(93)99-88(87-98-100(94,95)97-85-84-91(3,4)5)86-96-89(92)82-80-78-76-74-72-70-68-66-64-62-60-58-56-54-52-50-48-41-39-37-35-33-31-29-27-25-23-21-19-17-15-13-11-9-7-2/h8,10,14,16,19-22,25-28,32,34,38,40,43-44,46-47,51,53,57,59,63,65,69,71,88H,6-7,9,11-13,15,17-18,23-24,29-31,33,35-37,39,41-42,45,48-50,52,54-56,58,60-62,64,66-68,70,72-87H2,1-5H3/p+1/b10-8-,16-14-,21-19-,22-20-,27-25-,28-26-,34-32-,40-38-,44-43-,47-46-,53-51-,59-57-,65-63-,71-69-. The largest absolute Gasteiger partial charge is 0.472 e. The zero-order chi connectivity index (χ0) is 72.5. The van der Waals surface area contributed by atoms with Gasteiger partial charge in [-0.05, 0) is 135 Å². The number of allylic oxidation sites excluding steroid dienone is 28. The van der Waals surface area contributed by atoms with Gasteiger partial charge in [0, 0.05) is 12.8 Å². The van der Waals surface area contributed by atoms with Gasteiger partial charge >= 0.3 is 19.8 Å². The number of nitrogens with zero attached hydrogens (tertiary/aromatic N) is 1. The number of likely N-dealkylation sites (N-methyl/N-ethyl adjacent to an activating group) is 1. The summed E-state index contributed by atoms with van der Waals surface area (Å²) >= 11 is 0. The van der Waals surface area contributed by atoms with E-state index in [-0.39, 0.29) is 32.0 Å². The highest BCUT2D eigenvalue weighted by Crippen LogP contribution is 2.43. The smallest absolute Gasteiger partial charge is 0.462 e. The van der Waals surface area contributed by atoms with Gasteiger partial charge in [0.05, 0.1) is 27.7 Å². The minimum atomic E-state index is -4.41. The van der Waals surface area contributed by atoms with E-state index in [1.165, 1.54) is 173 Å². The molecule has 570 valence electrons. The first-order valence-corrected chi connectivity index (χ1v) is 42.4. The average Bonchev–Trinajstić information content (AvgIpc) is 1.30. The monoisotopic (exact) mass is 1410 g/mol. The summed E-state index contributed by atoms with van der Waals surface area (Å²) in [4.78, 5) is 36.0. The molecule has 0 heterocycles. The molecule has 1 N–H and O–H groups in total. The number of phosphoric acid groups is 1. The Morgan fingerprint density at radius 2 is 0.570 bits per heavy atom. The fraction of sp³-hybridized carbons (Fsp3) is 0.667. The van der Waals surface area contributed by atoms with Crippen molar-refractivity contribution in [3.05, 3.63) is 170 Å². The Balaban J connectivity index is 4.07. The van der Waals surface area contributed by atoms with Crippen LogP contribution in [0, 0.1) is 0 Å². The third kappa shape index (κ3) is 82.3. The number of hydrogen-bond donors (Lipinski definition) is 1. The van der Waals surface area contributed by atoms with Gasteiger partial charge in [0.15, 0.2) is 6.10 Å². The zero-order valence-corrected chi connectivity index (χ0v) is 66.0. The molecule has 0 radical (unpaired) electrons. The van der Waals surface area contributed by atoms with Gasteiger partial charge in [-0.1, -0.05) is 357 Å². The van der Waals surface area contributed by atoms with Crippen LogP contribution in [0.5, 0.6) is 0 Å². The van der Waals surface area contributed by atoms with Crippen LogP contribution in [-0.4, -0.2) is 74.9 Å². The number of rotatable bonds is 74. The van der Waals surface area contributed by atoms with E-state index in [2.05, 4.69) is 184 Å². The van der Waals surface area contributed by atoms with Crippen molar-refractivity contribution in [3.8, 4) is 0 Å². The van der Waals surface area contributed by atoms with E-state index in [1.807, 2.05) is 21.1 Å². The minimum absolute atomic E-state index is 0.0194. The number of quaternary nitrogens is 1. The molecule has 2 unspecified atom stereocenters. The minimum Gasteiger partial charge on any atom is -0.462 e. The predicted molar refractivity (Wildman–Crippen MR) is 436 cm³/mol. The fourth-order valence-corrected chi connectivity index (χ4v) is 11.8. The highest BCUT2D eigenvalue weighted by Gasteiger charge is 2.27. The topological polar surface area (TPSA) is 108 Å². The first-order chi connectivity index (χ1) is 49.0. The second-order valence-corrected chi connectivity index (χ2v) is 29.5. The molecule has 2 atom stereocenters. The van der Waals surface area contributed by atoms with Crippen molar-refractivity contribution in [1.29, 1.82) is 0 Å². The third-order valence-electron chi connectivity index (χ3n) is 17.2. The van der Waals surface area contributed by atoms with Crippen LogP contribution in [0.2, 0.25) is 0 Å². The molecule has 0 fully saturated rings. The SMILES string of the molecule is CC/C=C\C/C=C\C/C=C\C/C=C\C/C=C\C/C=C\C/C=C\C/C=C\C/C=C\C/C=C\C/C=C\C/C=C\CCCCCCC(=O)OC(COC(=O)CCCCCCCCCCCCCCCCCCCCCCCCC/C=C\C/C=C\CCCCCCC)COP(=O)(O)OCC[N+](C)(C)C. The van der Waals surface area contributed by atoms with Crippen LogP contribution in [0.4, 0.5) is 0 Å². The van der Waals surface area contributed by atoms with Crippen LogP contribution in [0.3, 0.4) is 0 Å². The van der Waals surface area contributed by atoms with E-state index in [0.717, 1.165) is 128 Å². The summed E-state index contributed by atoms with van der Waals surface area (Å²) in [5, 5.41) is 0. The Morgan fingerprint density at radius 1 is 0.320 bits per heavy atom. The molecular weight excluding hydrogens is 1250 g/mol. The lowest BCUT2D eigenvalue weighted by Gasteiger charge is -2.24. The van der Waals surface area contributed by atoms with Crippen LogP contribution in [0.15, 0.2) is 170 Å². The maximum atomic E-state index is 12.9. The molecule has 0 aliphatic heterocycles. The summed E-state index contributed by atoms with van der Waals surface area (Å²) in [5.74, 6) is -0.826. The Bertz CT molecular complexity index is 2300. The molecule has 0 aliphatic rings. The maximum absolute atomic E-state index is 12.9. The molecule has 100 heavy (non-hydrogen) atoms. The van der Waals surface area contributed by atoms with Gasteiger partial charge in [-0.15, -0.1) is 0 Å². The summed E-state index contributed by atoms with van der Waals surface area (Å²) in [6, 6.07) is 0. The number of unbranched alkanes of at least 4 members (excludes halogenated alkanes) is 32. The lowest BCUT2D eigenvalue weighted by Crippen LogP contribution is -2.37. The fourth-order valence-electron chi connectivity index (χ4n) is 11.0. The zero-order valence-electron chi connectivity index (χ0n) is 65.1. The lowest BCUT2D eigenvalue weighted by atomic mass is 10.0. The number of hydrogen-bond acceptors (Lipinski definition) is 7. The van der Waals surface area contributed by atoms with Crippen LogP contribution in [0.1, 0.15) is 335 Å². The maximum Gasteiger partial charge on any atom is 0.472 e. The summed E-state index contributed by atoms with van der Waals surface area (Å²) in [5.41, 5.74) is 0. The van der Waals surface area contributed by atoms with Gasteiger partial charge < -0.3 is 18.9 Å². The molecule has 0 bridgehead atoms. The Hall–Kier alpha value is -4.63. The second-order valence-electron chi connectivity index (χ2n) is 28.1. The quantitative estimate of drug-likeness (QED) is 0.0211. The van der Waals surface area contributed by atoms with Crippen LogP contribution < -0.4 is 0 Å². The van der Waals surface area contributed by atoms with Gasteiger partial charge in [0.1, 0.15) is 19.8 Å². The van der Waals surface area contributed by atoms with E-state index in [4.69, 9.17) is 18.5 Å². The lowest BCUT2D eigenvalue weighted by molar-refractivity contribution is -0.870. The van der Waals surface area contributed by atoms with Crippen LogP contribution in [-0.2, 0) is 32.7 Å². The van der Waals surface area contributed by atoms with Gasteiger partial charge in [-0.25, -0.2) is 4.57 Å². The molecule has 0 aromatic heterocycles. The van der Waals surface area contributed by atoms with Crippen molar-refractivity contribution in [2.45, 2.75) is 341 Å². The predicted octanol–water partition coefficient (Wildman–Crippen LogP) is 27.6. The highest BCUT2D eigenvalue weighted by atomic mass is 31.2. The summed E-state index contributed by atoms with van der Waals surface area (Å²) in [7, 11) is 1.45. The molecule has 0 aromatic rings. The Kier molecular flexibility index (Phi) is 74.9. The van der Waals surface area contributed by atoms with Crippen molar-refractivity contribution in [3.63, 3.8) is 0 Å². The van der Waals surface area contributed by atoms with Crippen molar-refractivity contribution >= 4 is 19.8 Å². The highest BCUT2D eigenvalue weighted by molar-refractivity contribution is 7.47. The Labute approximate surface area is 617 Å². The van der Waals surface area contributed by atoms with E-state index < -0.39 is 26.5 Å². The normalized spacial score (nSPS) is 13.9. The molecule has 0 amide bonds. The molecule has 0 saturated carbocycles. The van der Waals surface area contributed by atoms with Gasteiger partial charge in [0.2, 0.25) is 0 Å². The van der Waals surface area contributed by atoms with E-state index in [9.17, 15) is 19.0 Å². The molecule has 0 rings (SSSR count). The molecular formula is C90H153NO8P+. The van der Waals surface area contributed by atoms with E-state index >= 15 is 0 Å². The van der Waals surface area contributed by atoms with Crippen molar-refractivity contribution in [2.75, 3.05) is 47.5 Å². The molecule has 10 heteroatoms. The molecule has 0 saturated heterocycles. The number of esters is 2. The molecule has 0 aromatic carbocycles. The van der Waals surface area contributed by atoms with Crippen molar-refractivity contribution < 1.29 is 42.1 Å². The molecule has 0 aliphatic carbocycles.